The smallest absolute Gasteiger partial charge is 0.267 e. The SMILES string of the molecule is C/N=C\c1cc(-c2ccnc(Nc3cc(Cl)c(C(=O)NN4CCC(O)CC4)cc3OC)n2)cc2c1NCC2(C)CO. The summed E-state index contributed by atoms with van der Waals surface area (Å²) in [6.07, 6.45) is 4.29. The van der Waals surface area contributed by atoms with Crippen molar-refractivity contribution in [3.63, 3.8) is 0 Å². The van der Waals surface area contributed by atoms with Crippen molar-refractivity contribution in [2.24, 2.45) is 4.99 Å². The van der Waals surface area contributed by atoms with Crippen LogP contribution in [0.4, 0.5) is 17.3 Å². The Morgan fingerprint density at radius 1 is 1.32 bits per heavy atom. The van der Waals surface area contributed by atoms with Crippen LogP contribution in [0.3, 0.4) is 0 Å². The predicted octanol–water partition coefficient (Wildman–Crippen LogP) is 3.37. The highest BCUT2D eigenvalue weighted by molar-refractivity contribution is 6.34. The average molecular weight is 580 g/mol. The van der Waals surface area contributed by atoms with Crippen molar-refractivity contribution < 1.29 is 19.7 Å². The highest BCUT2D eigenvalue weighted by atomic mass is 35.5. The molecule has 3 heterocycles. The van der Waals surface area contributed by atoms with Crippen LogP contribution in [0.5, 0.6) is 5.75 Å². The summed E-state index contributed by atoms with van der Waals surface area (Å²) < 4.78 is 5.56. The van der Waals surface area contributed by atoms with E-state index < -0.39 is 5.41 Å². The fraction of sp³-hybridized carbons (Fsp3) is 0.379. The predicted molar refractivity (Wildman–Crippen MR) is 159 cm³/mol. The fourth-order valence-electron chi connectivity index (χ4n) is 5.12. The number of hydrogen-bond acceptors (Lipinski definition) is 10. The zero-order valence-electron chi connectivity index (χ0n) is 23.2. The van der Waals surface area contributed by atoms with Crippen LogP contribution in [0.2, 0.25) is 5.02 Å². The second kappa shape index (κ2) is 12.0. The lowest BCUT2D eigenvalue weighted by atomic mass is 9.83. The molecule has 2 aromatic carbocycles. The number of amides is 1. The van der Waals surface area contributed by atoms with E-state index in [1.54, 1.807) is 36.6 Å². The summed E-state index contributed by atoms with van der Waals surface area (Å²) in [6.45, 7) is 3.76. The first kappa shape index (κ1) is 28.7. The van der Waals surface area contributed by atoms with E-state index in [2.05, 4.69) is 26.0 Å². The largest absolute Gasteiger partial charge is 0.495 e. The van der Waals surface area contributed by atoms with Gasteiger partial charge in [0.1, 0.15) is 5.75 Å². The molecule has 0 spiro atoms. The maximum atomic E-state index is 12.9. The number of halogens is 1. The minimum atomic E-state index is -0.427. The summed E-state index contributed by atoms with van der Waals surface area (Å²) >= 11 is 6.53. The van der Waals surface area contributed by atoms with E-state index in [4.69, 9.17) is 21.3 Å². The van der Waals surface area contributed by atoms with Crippen LogP contribution in [0.15, 0.2) is 41.5 Å². The van der Waals surface area contributed by atoms with Gasteiger partial charge in [0, 0.05) is 61.3 Å². The number of aliphatic hydroxyl groups excluding tert-OH is 2. The quantitative estimate of drug-likeness (QED) is 0.254. The Hall–Kier alpha value is -3.77. The van der Waals surface area contributed by atoms with Crippen LogP contribution >= 0.6 is 11.6 Å². The number of carbonyl (C=O) groups is 1. The number of nitrogens with zero attached hydrogens (tertiary/aromatic N) is 4. The number of aliphatic imine (C=N–C) groups is 1. The van der Waals surface area contributed by atoms with Crippen LogP contribution in [-0.4, -0.2) is 83.8 Å². The molecule has 41 heavy (non-hydrogen) atoms. The molecule has 1 aromatic heterocycles. The Bertz CT molecular complexity index is 1480. The number of nitrogens with one attached hydrogen (secondary N) is 3. The maximum Gasteiger partial charge on any atom is 0.267 e. The third-order valence-corrected chi connectivity index (χ3v) is 7.86. The number of aromatic nitrogens is 2. The van der Waals surface area contributed by atoms with Gasteiger partial charge in [0.15, 0.2) is 0 Å². The van der Waals surface area contributed by atoms with Gasteiger partial charge in [-0.1, -0.05) is 18.5 Å². The number of rotatable bonds is 8. The molecule has 0 aliphatic carbocycles. The third kappa shape index (κ3) is 5.98. The van der Waals surface area contributed by atoms with Crippen molar-refractivity contribution in [2.75, 3.05) is 51.0 Å². The van der Waals surface area contributed by atoms with Gasteiger partial charge in [0.25, 0.3) is 5.91 Å². The Balaban J connectivity index is 1.41. The minimum Gasteiger partial charge on any atom is -0.495 e. The summed E-state index contributed by atoms with van der Waals surface area (Å²) in [5, 5.41) is 28.4. The second-order valence-electron chi connectivity index (χ2n) is 10.5. The van der Waals surface area contributed by atoms with Gasteiger partial charge >= 0.3 is 0 Å². The van der Waals surface area contributed by atoms with Crippen LogP contribution in [0.25, 0.3) is 11.3 Å². The number of hydrazine groups is 1. The van der Waals surface area contributed by atoms with Gasteiger partial charge in [0.05, 0.1) is 41.8 Å². The Morgan fingerprint density at radius 3 is 2.80 bits per heavy atom. The van der Waals surface area contributed by atoms with Gasteiger partial charge < -0.3 is 25.6 Å². The summed E-state index contributed by atoms with van der Waals surface area (Å²) in [7, 11) is 3.23. The molecular weight excluding hydrogens is 546 g/mol. The molecule has 11 nitrogen and oxygen atoms in total. The molecule has 1 atom stereocenters. The van der Waals surface area contributed by atoms with Crippen LogP contribution in [-0.2, 0) is 5.41 Å². The van der Waals surface area contributed by atoms with E-state index in [0.29, 0.717) is 55.6 Å². The van der Waals surface area contributed by atoms with Gasteiger partial charge in [-0.15, -0.1) is 0 Å². The maximum absolute atomic E-state index is 12.9. The molecule has 1 amide bonds. The van der Waals surface area contributed by atoms with Crippen molar-refractivity contribution >= 4 is 41.0 Å². The number of fused-ring (bicyclic) bond motifs is 1. The van der Waals surface area contributed by atoms with Gasteiger partial charge in [-0.25, -0.2) is 15.0 Å². The summed E-state index contributed by atoms with van der Waals surface area (Å²) in [6, 6.07) is 9.04. The molecule has 1 fully saturated rings. The van der Waals surface area contributed by atoms with E-state index in [9.17, 15) is 15.0 Å². The monoisotopic (exact) mass is 579 g/mol. The van der Waals surface area contributed by atoms with E-state index in [-0.39, 0.29) is 29.2 Å². The Kier molecular flexibility index (Phi) is 8.41. The number of ether oxygens (including phenoxy) is 1. The highest BCUT2D eigenvalue weighted by Gasteiger charge is 2.35. The Morgan fingerprint density at radius 2 is 2.10 bits per heavy atom. The topological polar surface area (TPSA) is 144 Å². The van der Waals surface area contributed by atoms with E-state index >= 15 is 0 Å². The molecular formula is C29H34ClN7O4. The molecule has 5 rings (SSSR count). The zero-order valence-corrected chi connectivity index (χ0v) is 24.0. The lowest BCUT2D eigenvalue weighted by Crippen LogP contribution is -2.47. The molecule has 1 unspecified atom stereocenters. The van der Waals surface area contributed by atoms with E-state index in [0.717, 1.165) is 22.4 Å². The van der Waals surface area contributed by atoms with Crippen molar-refractivity contribution in [1.29, 1.82) is 0 Å². The summed E-state index contributed by atoms with van der Waals surface area (Å²) in [4.78, 5) is 26.3. The van der Waals surface area contributed by atoms with Gasteiger partial charge in [0.2, 0.25) is 5.95 Å². The van der Waals surface area contributed by atoms with Crippen molar-refractivity contribution in [2.45, 2.75) is 31.3 Å². The molecule has 0 radical (unpaired) electrons. The first-order valence-corrected chi connectivity index (χ1v) is 13.8. The van der Waals surface area contributed by atoms with Crippen molar-refractivity contribution in [3.8, 4) is 17.0 Å². The molecule has 0 saturated carbocycles. The molecule has 2 aliphatic heterocycles. The van der Waals surface area contributed by atoms with Crippen LogP contribution < -0.4 is 20.8 Å². The molecule has 1 saturated heterocycles. The minimum absolute atomic E-state index is 0.00543. The lowest BCUT2D eigenvalue weighted by molar-refractivity contribution is 0.0467. The number of piperidine rings is 1. The standard InChI is InChI=1S/C29H34ClN7O4/c1-29(16-38)15-33-26-18(14-31-2)10-17(11-21(26)29)23-4-7-32-28(34-23)35-24-13-22(30)20(12-25(24)41-3)27(40)36-37-8-5-19(39)6-9-37/h4,7,10-14,19,33,38-39H,5-6,8-9,15-16H2,1-3H3,(H,36,40)(H,32,34,35)/b31-14-. The molecule has 2 aliphatic rings. The van der Waals surface area contributed by atoms with E-state index in [1.807, 2.05) is 25.1 Å². The zero-order chi connectivity index (χ0) is 29.1. The first-order chi connectivity index (χ1) is 19.7. The third-order valence-electron chi connectivity index (χ3n) is 7.55. The van der Waals surface area contributed by atoms with Crippen molar-refractivity contribution in [1.82, 2.24) is 20.4 Å². The number of anilines is 3. The van der Waals surface area contributed by atoms with E-state index in [1.165, 1.54) is 7.11 Å². The van der Waals surface area contributed by atoms with Gasteiger partial charge in [-0.3, -0.25) is 15.2 Å². The average Bonchev–Trinajstić information content (AvgIpc) is 3.31. The molecule has 12 heteroatoms. The normalized spacial score (nSPS) is 19.2. The van der Waals surface area contributed by atoms with Crippen LogP contribution in [0.1, 0.15) is 41.3 Å². The second-order valence-corrected chi connectivity index (χ2v) is 10.9. The first-order valence-electron chi connectivity index (χ1n) is 13.4. The number of benzene rings is 2. The summed E-state index contributed by atoms with van der Waals surface area (Å²) in [5.41, 5.74) is 7.59. The lowest BCUT2D eigenvalue weighted by Gasteiger charge is -2.29. The summed E-state index contributed by atoms with van der Waals surface area (Å²) in [5.74, 6) is 0.350. The number of methoxy groups -OCH3 is 1. The molecule has 5 N–H and O–H groups in total. The highest BCUT2D eigenvalue weighted by Crippen LogP contribution is 2.41. The molecule has 216 valence electrons. The molecule has 3 aromatic rings. The van der Waals surface area contributed by atoms with Crippen molar-refractivity contribution in [3.05, 3.63) is 58.2 Å². The van der Waals surface area contributed by atoms with Gasteiger partial charge in [-0.2, -0.15) is 0 Å². The fourth-order valence-corrected chi connectivity index (χ4v) is 5.37. The number of hydrogen-bond donors (Lipinski definition) is 5. The van der Waals surface area contributed by atoms with Gasteiger partial charge in [-0.05, 0) is 48.7 Å². The number of aliphatic hydroxyl groups is 2. The van der Waals surface area contributed by atoms with Crippen LogP contribution in [0, 0.1) is 0 Å². The number of carbonyl (C=O) groups excluding carboxylic acids is 1. The Labute approximate surface area is 243 Å². The molecule has 0 bridgehead atoms.